The highest BCUT2D eigenvalue weighted by Gasteiger charge is 2.02. The molecule has 168 valence electrons. The Morgan fingerprint density at radius 2 is 0.679 bits per heavy atom. The molecule has 1 nitrogen and oxygen atoms in total. The van der Waals surface area contributed by atoms with Crippen molar-refractivity contribution in [1.29, 1.82) is 0 Å². The van der Waals surface area contributed by atoms with Gasteiger partial charge in [0.25, 0.3) is 0 Å². The van der Waals surface area contributed by atoms with Crippen molar-refractivity contribution in [3.8, 4) is 0 Å². The van der Waals surface area contributed by atoms with Crippen LogP contribution >= 0.6 is 0 Å². The summed E-state index contributed by atoms with van der Waals surface area (Å²) in [7, 11) is 0. The third kappa shape index (κ3) is 23.7. The first-order valence-electron chi connectivity index (χ1n) is 13.0. The van der Waals surface area contributed by atoms with Crippen LogP contribution in [-0.2, 0) is 4.79 Å². The Bertz CT molecular complexity index is 288. The van der Waals surface area contributed by atoms with Crippen LogP contribution in [0.3, 0.4) is 0 Å². The third-order valence-electron chi connectivity index (χ3n) is 5.97. The molecule has 0 atom stereocenters. The lowest BCUT2D eigenvalue weighted by Gasteiger charge is -2.05. The van der Waals surface area contributed by atoms with Crippen LogP contribution in [0, 0.1) is 11.8 Å². The number of unbranched alkanes of at least 4 members (excludes halogenated alkanes) is 14. The molecule has 0 radical (unpaired) electrons. The van der Waals surface area contributed by atoms with Crippen LogP contribution in [0.1, 0.15) is 156 Å². The van der Waals surface area contributed by atoms with E-state index < -0.39 is 0 Å². The van der Waals surface area contributed by atoms with E-state index in [2.05, 4.69) is 27.7 Å². The molecule has 0 fully saturated rings. The summed E-state index contributed by atoms with van der Waals surface area (Å²) in [6.07, 6.45) is 25.9. The van der Waals surface area contributed by atoms with Crippen molar-refractivity contribution in [3.63, 3.8) is 0 Å². The van der Waals surface area contributed by atoms with Gasteiger partial charge >= 0.3 is 0 Å². The van der Waals surface area contributed by atoms with Gasteiger partial charge in [0.15, 0.2) is 0 Å². The summed E-state index contributed by atoms with van der Waals surface area (Å²) in [5.41, 5.74) is 0. The van der Waals surface area contributed by atoms with Crippen LogP contribution in [0.25, 0.3) is 0 Å². The van der Waals surface area contributed by atoms with E-state index in [9.17, 15) is 4.79 Å². The summed E-state index contributed by atoms with van der Waals surface area (Å²) < 4.78 is 0. The fraction of sp³-hybridized carbons (Fsp3) is 0.963. The molecule has 0 aromatic heterocycles. The van der Waals surface area contributed by atoms with E-state index in [4.69, 9.17) is 0 Å². The Hall–Kier alpha value is -0.330. The van der Waals surface area contributed by atoms with Crippen molar-refractivity contribution >= 4 is 5.78 Å². The predicted octanol–water partition coefficient (Wildman–Crippen LogP) is 9.67. The summed E-state index contributed by atoms with van der Waals surface area (Å²) in [4.78, 5) is 12.0. The molecule has 0 saturated carbocycles. The molecule has 0 aliphatic heterocycles. The molecular formula is C27H54O. The molecule has 0 heterocycles. The maximum Gasteiger partial charge on any atom is 0.132 e. The standard InChI is InChI=1S/C27H54O/c1-25(2)21-17-13-9-5-7-11-15-19-23-27(28)24-20-16-12-8-6-10-14-18-22-26(3)4/h25-26H,5-24H2,1-4H3. The maximum atomic E-state index is 12.0. The summed E-state index contributed by atoms with van der Waals surface area (Å²) in [5, 5.41) is 0. The van der Waals surface area contributed by atoms with Gasteiger partial charge in [-0.25, -0.2) is 0 Å². The van der Waals surface area contributed by atoms with Gasteiger partial charge in [-0.05, 0) is 24.7 Å². The van der Waals surface area contributed by atoms with Crippen LogP contribution in [0.2, 0.25) is 0 Å². The first kappa shape index (κ1) is 27.7. The number of Topliss-reactive ketones (excluding diaryl/α,β-unsaturated/α-hetero) is 1. The molecule has 0 N–H and O–H groups in total. The van der Waals surface area contributed by atoms with Crippen LogP contribution < -0.4 is 0 Å². The lowest BCUT2D eigenvalue weighted by molar-refractivity contribution is -0.119. The smallest absolute Gasteiger partial charge is 0.132 e. The zero-order valence-corrected chi connectivity index (χ0v) is 20.2. The first-order valence-corrected chi connectivity index (χ1v) is 13.0. The van der Waals surface area contributed by atoms with Gasteiger partial charge in [-0.1, -0.05) is 130 Å². The second kappa shape index (κ2) is 21.4. The van der Waals surface area contributed by atoms with Crippen LogP contribution in [0.4, 0.5) is 0 Å². The van der Waals surface area contributed by atoms with Crippen molar-refractivity contribution in [3.05, 3.63) is 0 Å². The predicted molar refractivity (Wildman–Crippen MR) is 127 cm³/mol. The number of carbonyl (C=O) groups excluding carboxylic acids is 1. The molecule has 0 aromatic carbocycles. The highest BCUT2D eigenvalue weighted by Crippen LogP contribution is 2.15. The monoisotopic (exact) mass is 394 g/mol. The number of carbonyl (C=O) groups is 1. The van der Waals surface area contributed by atoms with Gasteiger partial charge in [0.2, 0.25) is 0 Å². The van der Waals surface area contributed by atoms with E-state index >= 15 is 0 Å². The van der Waals surface area contributed by atoms with E-state index in [1.165, 1.54) is 103 Å². The first-order chi connectivity index (χ1) is 13.5. The van der Waals surface area contributed by atoms with E-state index in [0.717, 1.165) is 37.5 Å². The Balaban J connectivity index is 3.17. The number of hydrogen-bond donors (Lipinski definition) is 0. The maximum absolute atomic E-state index is 12.0. The largest absolute Gasteiger partial charge is 0.300 e. The fourth-order valence-electron chi connectivity index (χ4n) is 4.00. The van der Waals surface area contributed by atoms with Crippen molar-refractivity contribution in [1.82, 2.24) is 0 Å². The molecule has 0 aliphatic rings. The summed E-state index contributed by atoms with van der Waals surface area (Å²) in [6.45, 7) is 9.27. The Kier molecular flexibility index (Phi) is 21.1. The van der Waals surface area contributed by atoms with E-state index in [-0.39, 0.29) is 0 Å². The molecule has 0 saturated heterocycles. The minimum Gasteiger partial charge on any atom is -0.300 e. The molecule has 0 unspecified atom stereocenters. The van der Waals surface area contributed by atoms with Crippen molar-refractivity contribution in [2.24, 2.45) is 11.8 Å². The topological polar surface area (TPSA) is 17.1 Å². The zero-order valence-electron chi connectivity index (χ0n) is 20.2. The Morgan fingerprint density at radius 3 is 0.964 bits per heavy atom. The van der Waals surface area contributed by atoms with Crippen molar-refractivity contribution in [2.75, 3.05) is 0 Å². The van der Waals surface area contributed by atoms with Gasteiger partial charge in [-0.2, -0.15) is 0 Å². The van der Waals surface area contributed by atoms with Gasteiger partial charge in [-0.3, -0.25) is 4.79 Å². The third-order valence-corrected chi connectivity index (χ3v) is 5.97. The lowest BCUT2D eigenvalue weighted by Crippen LogP contribution is -1.97. The average Bonchev–Trinajstić information content (AvgIpc) is 2.64. The summed E-state index contributed by atoms with van der Waals surface area (Å²) >= 11 is 0. The SMILES string of the molecule is CC(C)CCCCCCCCCCC(=O)CCCCCCCCCCC(C)C. The van der Waals surface area contributed by atoms with Gasteiger partial charge in [0, 0.05) is 12.8 Å². The number of ketones is 1. The Morgan fingerprint density at radius 1 is 0.429 bits per heavy atom. The van der Waals surface area contributed by atoms with Crippen LogP contribution in [0.5, 0.6) is 0 Å². The van der Waals surface area contributed by atoms with Crippen LogP contribution in [-0.4, -0.2) is 5.78 Å². The van der Waals surface area contributed by atoms with Crippen molar-refractivity contribution in [2.45, 2.75) is 156 Å². The van der Waals surface area contributed by atoms with E-state index in [1.54, 1.807) is 0 Å². The molecule has 0 rings (SSSR count). The summed E-state index contributed by atoms with van der Waals surface area (Å²) in [5.74, 6) is 2.24. The Labute approximate surface area is 178 Å². The van der Waals surface area contributed by atoms with E-state index in [1.807, 2.05) is 0 Å². The van der Waals surface area contributed by atoms with Gasteiger partial charge in [0.1, 0.15) is 5.78 Å². The number of rotatable bonds is 22. The highest BCUT2D eigenvalue weighted by atomic mass is 16.1. The normalized spacial score (nSPS) is 11.6. The fourth-order valence-corrected chi connectivity index (χ4v) is 4.00. The quantitative estimate of drug-likeness (QED) is 0.167. The molecule has 1 heteroatoms. The van der Waals surface area contributed by atoms with Gasteiger partial charge < -0.3 is 0 Å². The zero-order chi connectivity index (χ0) is 20.9. The molecule has 0 aromatic rings. The molecule has 28 heavy (non-hydrogen) atoms. The second-order valence-electron chi connectivity index (χ2n) is 10.1. The highest BCUT2D eigenvalue weighted by molar-refractivity contribution is 5.78. The van der Waals surface area contributed by atoms with Crippen molar-refractivity contribution < 1.29 is 4.79 Å². The molecule has 0 spiro atoms. The van der Waals surface area contributed by atoms with E-state index in [0.29, 0.717) is 5.78 Å². The lowest BCUT2D eigenvalue weighted by atomic mass is 10.0. The second-order valence-corrected chi connectivity index (χ2v) is 10.1. The summed E-state index contributed by atoms with van der Waals surface area (Å²) in [6, 6.07) is 0. The molecular weight excluding hydrogens is 340 g/mol. The van der Waals surface area contributed by atoms with Gasteiger partial charge in [-0.15, -0.1) is 0 Å². The minimum absolute atomic E-state index is 0.516. The minimum atomic E-state index is 0.516. The van der Waals surface area contributed by atoms with Gasteiger partial charge in [0.05, 0.1) is 0 Å². The van der Waals surface area contributed by atoms with Crippen LogP contribution in [0.15, 0.2) is 0 Å². The molecule has 0 bridgehead atoms. The average molecular weight is 395 g/mol. The molecule has 0 aliphatic carbocycles. The molecule has 0 amide bonds. The number of hydrogen-bond acceptors (Lipinski definition) is 1.